The molecule has 1 unspecified atom stereocenters. The molecule has 112 valence electrons. The molecular weight excluding hydrogens is 244 g/mol. The summed E-state index contributed by atoms with van der Waals surface area (Å²) < 4.78 is 0. The lowest BCUT2D eigenvalue weighted by molar-refractivity contribution is 0.514. The van der Waals surface area contributed by atoms with Crippen LogP contribution in [0, 0.1) is 0 Å². The molecule has 1 saturated heterocycles. The summed E-state index contributed by atoms with van der Waals surface area (Å²) in [5.41, 5.74) is 3.11. The van der Waals surface area contributed by atoms with Crippen molar-refractivity contribution < 1.29 is 0 Å². The van der Waals surface area contributed by atoms with Gasteiger partial charge in [-0.2, -0.15) is 0 Å². The topological polar surface area (TPSA) is 15.3 Å². The van der Waals surface area contributed by atoms with Crippen molar-refractivity contribution in [1.29, 1.82) is 0 Å². The zero-order chi connectivity index (χ0) is 14.6. The Labute approximate surface area is 124 Å². The van der Waals surface area contributed by atoms with Crippen LogP contribution in [0.5, 0.6) is 0 Å². The van der Waals surface area contributed by atoms with Crippen molar-refractivity contribution in [1.82, 2.24) is 5.32 Å². The summed E-state index contributed by atoms with van der Waals surface area (Å²) in [4.78, 5) is 2.55. The number of nitrogens with zero attached hydrogens (tertiary/aromatic N) is 1. The standard InChI is InChI=1S/C18H30N2/c1-5-13-19-17(6-2)15-8-10-16(11-9-15)20-14-7-12-18(20,3)4/h8-11,17,19H,5-7,12-14H2,1-4H3. The molecule has 20 heavy (non-hydrogen) atoms. The van der Waals surface area contributed by atoms with Gasteiger partial charge in [0.05, 0.1) is 0 Å². The molecule has 2 nitrogen and oxygen atoms in total. The Hall–Kier alpha value is -1.02. The van der Waals surface area contributed by atoms with E-state index in [1.807, 2.05) is 0 Å². The Bertz CT molecular complexity index is 408. The minimum atomic E-state index is 0.312. The van der Waals surface area contributed by atoms with Crippen molar-refractivity contribution in [3.8, 4) is 0 Å². The zero-order valence-corrected chi connectivity index (χ0v) is 13.6. The van der Waals surface area contributed by atoms with Gasteiger partial charge in [-0.3, -0.25) is 0 Å². The highest BCUT2D eigenvalue weighted by Crippen LogP contribution is 2.34. The van der Waals surface area contributed by atoms with Gasteiger partial charge in [-0.25, -0.2) is 0 Å². The van der Waals surface area contributed by atoms with Crippen molar-refractivity contribution in [3.05, 3.63) is 29.8 Å². The van der Waals surface area contributed by atoms with E-state index in [-0.39, 0.29) is 0 Å². The highest BCUT2D eigenvalue weighted by Gasteiger charge is 2.31. The van der Waals surface area contributed by atoms with E-state index >= 15 is 0 Å². The van der Waals surface area contributed by atoms with E-state index in [0.29, 0.717) is 11.6 Å². The molecule has 0 amide bonds. The van der Waals surface area contributed by atoms with Gasteiger partial charge in [0.25, 0.3) is 0 Å². The molecule has 2 heteroatoms. The fraction of sp³-hybridized carbons (Fsp3) is 0.667. The summed E-state index contributed by atoms with van der Waals surface area (Å²) >= 11 is 0. The first-order chi connectivity index (χ1) is 9.58. The van der Waals surface area contributed by atoms with Crippen LogP contribution in [0.3, 0.4) is 0 Å². The molecule has 0 aromatic heterocycles. The zero-order valence-electron chi connectivity index (χ0n) is 13.6. The van der Waals surface area contributed by atoms with Crippen molar-refractivity contribution in [2.45, 2.75) is 65.0 Å². The van der Waals surface area contributed by atoms with E-state index in [1.165, 1.54) is 37.1 Å². The summed E-state index contributed by atoms with van der Waals surface area (Å²) in [5.74, 6) is 0. The van der Waals surface area contributed by atoms with Gasteiger partial charge in [0.2, 0.25) is 0 Å². The average molecular weight is 274 g/mol. The van der Waals surface area contributed by atoms with Crippen LogP contribution in [0.2, 0.25) is 0 Å². The molecule has 1 fully saturated rings. The summed E-state index contributed by atoms with van der Waals surface area (Å²) in [6.07, 6.45) is 4.94. The van der Waals surface area contributed by atoms with E-state index in [2.05, 4.69) is 62.2 Å². The number of hydrogen-bond acceptors (Lipinski definition) is 2. The molecule has 0 saturated carbocycles. The second kappa shape index (κ2) is 6.62. The summed E-state index contributed by atoms with van der Waals surface area (Å²) in [7, 11) is 0. The number of rotatable bonds is 6. The molecule has 1 N–H and O–H groups in total. The van der Waals surface area contributed by atoms with Crippen LogP contribution >= 0.6 is 0 Å². The van der Waals surface area contributed by atoms with Gasteiger partial charge in [0.1, 0.15) is 0 Å². The van der Waals surface area contributed by atoms with Crippen molar-refractivity contribution in [2.75, 3.05) is 18.0 Å². The molecule has 1 aliphatic rings. The quantitative estimate of drug-likeness (QED) is 0.820. The largest absolute Gasteiger partial charge is 0.366 e. The van der Waals surface area contributed by atoms with Gasteiger partial charge in [0, 0.05) is 23.8 Å². The van der Waals surface area contributed by atoms with Gasteiger partial charge in [-0.05, 0) is 63.8 Å². The summed E-state index contributed by atoms with van der Waals surface area (Å²) in [6, 6.07) is 9.72. The SMILES string of the molecule is CCCNC(CC)c1ccc(N2CCCC2(C)C)cc1. The normalized spacial score (nSPS) is 19.3. The maximum absolute atomic E-state index is 3.63. The van der Waals surface area contributed by atoms with Crippen LogP contribution in [0.25, 0.3) is 0 Å². The molecule has 1 heterocycles. The number of nitrogens with one attached hydrogen (secondary N) is 1. The lowest BCUT2D eigenvalue weighted by atomic mass is 10.0. The van der Waals surface area contributed by atoms with E-state index in [0.717, 1.165) is 13.0 Å². The van der Waals surface area contributed by atoms with Crippen LogP contribution in [0.1, 0.15) is 65.0 Å². The Kier molecular flexibility index (Phi) is 5.09. The third-order valence-electron chi connectivity index (χ3n) is 4.56. The third kappa shape index (κ3) is 3.35. The van der Waals surface area contributed by atoms with Gasteiger partial charge in [0.15, 0.2) is 0 Å². The van der Waals surface area contributed by atoms with Gasteiger partial charge in [-0.15, -0.1) is 0 Å². The fourth-order valence-electron chi connectivity index (χ4n) is 3.29. The Morgan fingerprint density at radius 2 is 1.90 bits per heavy atom. The Morgan fingerprint density at radius 3 is 2.40 bits per heavy atom. The highest BCUT2D eigenvalue weighted by molar-refractivity contribution is 5.51. The molecule has 0 spiro atoms. The second-order valence-corrected chi connectivity index (χ2v) is 6.57. The first-order valence-electron chi connectivity index (χ1n) is 8.19. The van der Waals surface area contributed by atoms with Crippen LogP contribution in [-0.2, 0) is 0 Å². The predicted molar refractivity (Wildman–Crippen MR) is 88.4 cm³/mol. The van der Waals surface area contributed by atoms with E-state index < -0.39 is 0 Å². The third-order valence-corrected chi connectivity index (χ3v) is 4.56. The lowest BCUT2D eigenvalue weighted by Gasteiger charge is -2.34. The maximum atomic E-state index is 3.63. The first kappa shape index (κ1) is 15.4. The Morgan fingerprint density at radius 1 is 1.20 bits per heavy atom. The molecule has 1 aromatic rings. The van der Waals surface area contributed by atoms with E-state index in [9.17, 15) is 0 Å². The maximum Gasteiger partial charge on any atom is 0.0370 e. The van der Waals surface area contributed by atoms with Crippen molar-refractivity contribution in [3.63, 3.8) is 0 Å². The molecule has 1 atom stereocenters. The molecule has 0 radical (unpaired) electrons. The highest BCUT2D eigenvalue weighted by atomic mass is 15.2. The minimum Gasteiger partial charge on any atom is -0.366 e. The molecular formula is C18H30N2. The molecule has 2 rings (SSSR count). The number of anilines is 1. The van der Waals surface area contributed by atoms with E-state index in [1.54, 1.807) is 0 Å². The summed E-state index contributed by atoms with van der Waals surface area (Å²) in [6.45, 7) is 11.5. The molecule has 1 aliphatic heterocycles. The number of benzene rings is 1. The van der Waals surface area contributed by atoms with Crippen LogP contribution in [0.15, 0.2) is 24.3 Å². The van der Waals surface area contributed by atoms with Gasteiger partial charge >= 0.3 is 0 Å². The summed E-state index contributed by atoms with van der Waals surface area (Å²) in [5, 5.41) is 3.63. The van der Waals surface area contributed by atoms with Gasteiger partial charge < -0.3 is 10.2 Å². The minimum absolute atomic E-state index is 0.312. The van der Waals surface area contributed by atoms with Crippen molar-refractivity contribution in [2.24, 2.45) is 0 Å². The monoisotopic (exact) mass is 274 g/mol. The number of hydrogen-bond donors (Lipinski definition) is 1. The van der Waals surface area contributed by atoms with Crippen molar-refractivity contribution >= 4 is 5.69 Å². The fourth-order valence-corrected chi connectivity index (χ4v) is 3.29. The van der Waals surface area contributed by atoms with Crippen LogP contribution in [0.4, 0.5) is 5.69 Å². The molecule has 1 aromatic carbocycles. The lowest BCUT2D eigenvalue weighted by Crippen LogP contribution is -2.38. The first-order valence-corrected chi connectivity index (χ1v) is 8.19. The Balaban J connectivity index is 2.09. The molecule has 0 bridgehead atoms. The van der Waals surface area contributed by atoms with Gasteiger partial charge in [-0.1, -0.05) is 26.0 Å². The smallest absolute Gasteiger partial charge is 0.0370 e. The molecule has 0 aliphatic carbocycles. The second-order valence-electron chi connectivity index (χ2n) is 6.57. The average Bonchev–Trinajstić information content (AvgIpc) is 2.80. The van der Waals surface area contributed by atoms with Crippen LogP contribution in [-0.4, -0.2) is 18.6 Å². The predicted octanol–water partition coefficient (Wildman–Crippen LogP) is 4.52. The van der Waals surface area contributed by atoms with Crippen LogP contribution < -0.4 is 10.2 Å². The van der Waals surface area contributed by atoms with E-state index in [4.69, 9.17) is 0 Å².